The zero-order valence-corrected chi connectivity index (χ0v) is 9.89. The molecule has 0 saturated carbocycles. The van der Waals surface area contributed by atoms with Crippen LogP contribution in [0.1, 0.15) is 5.56 Å². The van der Waals surface area contributed by atoms with Crippen molar-refractivity contribution in [2.24, 2.45) is 0 Å². The van der Waals surface area contributed by atoms with Crippen LogP contribution in [0.2, 0.25) is 0 Å². The Morgan fingerprint density at radius 1 is 1.05 bits per heavy atom. The van der Waals surface area contributed by atoms with Gasteiger partial charge in [0, 0.05) is 6.07 Å². The lowest BCUT2D eigenvalue weighted by Crippen LogP contribution is -2.09. The van der Waals surface area contributed by atoms with Crippen molar-refractivity contribution in [3.8, 4) is 16.9 Å². The lowest BCUT2D eigenvalue weighted by Gasteiger charge is -2.10. The molecular weight excluding hydrogens is 275 g/mol. The van der Waals surface area contributed by atoms with Crippen LogP contribution in [-0.2, 0) is 6.18 Å². The Morgan fingerprint density at radius 3 is 2.25 bits per heavy atom. The summed E-state index contributed by atoms with van der Waals surface area (Å²) in [7, 11) is 0. The van der Waals surface area contributed by atoms with Crippen LogP contribution < -0.4 is 0 Å². The van der Waals surface area contributed by atoms with Gasteiger partial charge < -0.3 is 5.11 Å². The van der Waals surface area contributed by atoms with Crippen molar-refractivity contribution in [2.75, 3.05) is 0 Å². The number of nitrogens with zero attached hydrogens (tertiary/aromatic N) is 1. The highest BCUT2D eigenvalue weighted by molar-refractivity contribution is 5.68. The van der Waals surface area contributed by atoms with Crippen LogP contribution >= 0.6 is 0 Å². The van der Waals surface area contributed by atoms with Gasteiger partial charge in [-0.05, 0) is 35.4 Å². The Kier molecular flexibility index (Phi) is 3.35. The van der Waals surface area contributed by atoms with Gasteiger partial charge in [-0.25, -0.2) is 0 Å². The zero-order valence-electron chi connectivity index (χ0n) is 9.89. The molecule has 0 unspecified atom stereocenters. The molecule has 7 heteroatoms. The van der Waals surface area contributed by atoms with Crippen LogP contribution in [0.5, 0.6) is 5.75 Å². The first-order valence-electron chi connectivity index (χ1n) is 5.44. The van der Waals surface area contributed by atoms with E-state index in [1.807, 2.05) is 0 Å². The maximum absolute atomic E-state index is 12.8. The molecule has 2 aromatic rings. The third-order valence-corrected chi connectivity index (χ3v) is 2.68. The van der Waals surface area contributed by atoms with E-state index in [0.717, 1.165) is 6.07 Å². The van der Waals surface area contributed by atoms with Crippen LogP contribution in [0.15, 0.2) is 42.5 Å². The third kappa shape index (κ3) is 2.71. The first-order valence-corrected chi connectivity index (χ1v) is 5.44. The minimum atomic E-state index is -4.82. The first kappa shape index (κ1) is 13.9. The van der Waals surface area contributed by atoms with Crippen molar-refractivity contribution in [3.63, 3.8) is 0 Å². The molecule has 2 aromatic carbocycles. The highest BCUT2D eigenvalue weighted by Crippen LogP contribution is 2.38. The molecule has 0 atom stereocenters. The molecular formula is C13H8F3NO3. The minimum absolute atomic E-state index is 0.102. The Balaban J connectivity index is 2.61. The zero-order chi connectivity index (χ0) is 14.9. The van der Waals surface area contributed by atoms with Gasteiger partial charge in [-0.2, -0.15) is 13.2 Å². The van der Waals surface area contributed by atoms with Gasteiger partial charge in [-0.3, -0.25) is 10.1 Å². The van der Waals surface area contributed by atoms with Crippen molar-refractivity contribution in [1.29, 1.82) is 0 Å². The number of alkyl halides is 3. The van der Waals surface area contributed by atoms with Crippen molar-refractivity contribution in [1.82, 2.24) is 0 Å². The first-order chi connectivity index (χ1) is 9.29. The van der Waals surface area contributed by atoms with Gasteiger partial charge >= 0.3 is 6.18 Å². The molecule has 0 bridgehead atoms. The number of phenolic OH excluding ortho intramolecular Hbond substituents is 1. The van der Waals surface area contributed by atoms with Crippen molar-refractivity contribution >= 4 is 5.69 Å². The Hall–Kier alpha value is -2.57. The van der Waals surface area contributed by atoms with E-state index in [1.54, 1.807) is 0 Å². The second-order valence-corrected chi connectivity index (χ2v) is 4.04. The maximum Gasteiger partial charge on any atom is 0.423 e. The molecule has 20 heavy (non-hydrogen) atoms. The normalized spacial score (nSPS) is 11.3. The summed E-state index contributed by atoms with van der Waals surface area (Å²) >= 11 is 0. The predicted octanol–water partition coefficient (Wildman–Crippen LogP) is 3.99. The smallest absolute Gasteiger partial charge is 0.423 e. The van der Waals surface area contributed by atoms with E-state index in [9.17, 15) is 28.4 Å². The van der Waals surface area contributed by atoms with E-state index in [4.69, 9.17) is 0 Å². The van der Waals surface area contributed by atoms with Gasteiger partial charge in [-0.15, -0.1) is 0 Å². The Morgan fingerprint density at radius 2 is 1.70 bits per heavy atom. The monoisotopic (exact) mass is 283 g/mol. The number of phenols is 1. The molecule has 0 aliphatic heterocycles. The van der Waals surface area contributed by atoms with Gasteiger partial charge in [0.2, 0.25) is 0 Å². The van der Waals surface area contributed by atoms with Crippen LogP contribution in [0.4, 0.5) is 18.9 Å². The number of nitro benzene ring substituents is 1. The lowest BCUT2D eigenvalue weighted by atomic mass is 10.0. The summed E-state index contributed by atoms with van der Waals surface area (Å²) in [5, 5.41) is 20.0. The quantitative estimate of drug-likeness (QED) is 0.669. The second kappa shape index (κ2) is 4.84. The van der Waals surface area contributed by atoms with E-state index in [-0.39, 0.29) is 11.3 Å². The summed E-state index contributed by atoms with van der Waals surface area (Å²) in [6.45, 7) is 0. The maximum atomic E-state index is 12.8. The van der Waals surface area contributed by atoms with Gasteiger partial charge in [0.1, 0.15) is 11.3 Å². The van der Waals surface area contributed by atoms with E-state index < -0.39 is 22.4 Å². The van der Waals surface area contributed by atoms with E-state index in [2.05, 4.69) is 0 Å². The van der Waals surface area contributed by atoms with Gasteiger partial charge in [-0.1, -0.05) is 12.1 Å². The van der Waals surface area contributed by atoms with Gasteiger partial charge in [0.05, 0.1) is 4.92 Å². The Labute approximate surface area is 111 Å². The summed E-state index contributed by atoms with van der Waals surface area (Å²) < 4.78 is 38.5. The average molecular weight is 283 g/mol. The number of hydrogen-bond donors (Lipinski definition) is 1. The van der Waals surface area contributed by atoms with Crippen molar-refractivity contribution in [3.05, 3.63) is 58.1 Å². The van der Waals surface area contributed by atoms with Crippen molar-refractivity contribution in [2.45, 2.75) is 6.18 Å². The van der Waals surface area contributed by atoms with Gasteiger partial charge in [0.15, 0.2) is 0 Å². The number of aromatic hydroxyl groups is 1. The summed E-state index contributed by atoms with van der Waals surface area (Å²) in [5.74, 6) is -0.102. The average Bonchev–Trinajstić information content (AvgIpc) is 2.37. The molecule has 0 spiro atoms. The van der Waals surface area contributed by atoms with E-state index >= 15 is 0 Å². The van der Waals surface area contributed by atoms with E-state index in [0.29, 0.717) is 11.6 Å². The number of rotatable bonds is 2. The minimum Gasteiger partial charge on any atom is -0.508 e. The third-order valence-electron chi connectivity index (χ3n) is 2.68. The highest BCUT2D eigenvalue weighted by Gasteiger charge is 2.38. The molecule has 0 aliphatic carbocycles. The fraction of sp³-hybridized carbons (Fsp3) is 0.0769. The molecule has 0 fully saturated rings. The summed E-state index contributed by atoms with van der Waals surface area (Å²) in [4.78, 5) is 9.56. The topological polar surface area (TPSA) is 63.4 Å². The van der Waals surface area contributed by atoms with Crippen molar-refractivity contribution < 1.29 is 23.2 Å². The number of nitro groups is 1. The molecule has 4 nitrogen and oxygen atoms in total. The molecule has 2 rings (SSSR count). The predicted molar refractivity (Wildman–Crippen MR) is 65.2 cm³/mol. The van der Waals surface area contributed by atoms with Gasteiger partial charge in [0.25, 0.3) is 5.69 Å². The highest BCUT2D eigenvalue weighted by atomic mass is 19.4. The molecule has 0 heterocycles. The molecule has 0 saturated heterocycles. The van der Waals surface area contributed by atoms with Crippen LogP contribution in [-0.4, -0.2) is 10.0 Å². The fourth-order valence-electron chi connectivity index (χ4n) is 1.79. The van der Waals surface area contributed by atoms with Crippen LogP contribution in [0.25, 0.3) is 11.1 Å². The Bertz CT molecular complexity index is 668. The number of hydrogen-bond acceptors (Lipinski definition) is 3. The van der Waals surface area contributed by atoms with Crippen LogP contribution in [0, 0.1) is 10.1 Å². The van der Waals surface area contributed by atoms with E-state index in [1.165, 1.54) is 30.3 Å². The largest absolute Gasteiger partial charge is 0.508 e. The fourth-order valence-corrected chi connectivity index (χ4v) is 1.79. The summed E-state index contributed by atoms with van der Waals surface area (Å²) in [6.07, 6.45) is -4.82. The lowest BCUT2D eigenvalue weighted by molar-refractivity contribution is -0.388. The van der Waals surface area contributed by atoms with Crippen LogP contribution in [0.3, 0.4) is 0 Å². The molecule has 1 N–H and O–H groups in total. The molecule has 0 aliphatic rings. The summed E-state index contributed by atoms with van der Waals surface area (Å²) in [5.41, 5.74) is -1.84. The SMILES string of the molecule is O=[N+]([O-])c1ccc(-c2cccc(O)c2)cc1C(F)(F)F. The molecule has 0 amide bonds. The molecule has 0 aromatic heterocycles. The second-order valence-electron chi connectivity index (χ2n) is 4.04. The number of halogens is 3. The summed E-state index contributed by atoms with van der Waals surface area (Å²) in [6, 6.07) is 8.35. The molecule has 0 radical (unpaired) electrons. The molecule has 104 valence electrons. The standard InChI is InChI=1S/C13H8F3NO3/c14-13(15,16)11-7-9(4-5-12(11)17(19)20)8-2-1-3-10(18)6-8/h1-7,18H. The number of benzene rings is 2.